The first kappa shape index (κ1) is 28.1. The first-order valence-corrected chi connectivity index (χ1v) is 13.2. The predicted octanol–water partition coefficient (Wildman–Crippen LogP) is 3.28. The summed E-state index contributed by atoms with van der Waals surface area (Å²) in [6, 6.07) is 1.95. The Morgan fingerprint density at radius 1 is 1.25 bits per heavy atom. The van der Waals surface area contributed by atoms with E-state index in [1.807, 2.05) is 6.07 Å². The van der Waals surface area contributed by atoms with Gasteiger partial charge in [-0.1, -0.05) is 39.3 Å². The van der Waals surface area contributed by atoms with Gasteiger partial charge in [0.2, 0.25) is 10.4 Å². The maximum atomic E-state index is 11.1. The fraction of sp³-hybridized carbons (Fsp3) is 0.760. The van der Waals surface area contributed by atoms with Gasteiger partial charge >= 0.3 is 29.6 Å². The molecular formula is C25H39NaO5S. The van der Waals surface area contributed by atoms with Crippen LogP contribution >= 0.6 is 0 Å². The van der Waals surface area contributed by atoms with Crippen LogP contribution in [0.5, 0.6) is 0 Å². The summed E-state index contributed by atoms with van der Waals surface area (Å²) in [6.07, 6.45) is 15.3. The number of hydrogen-bond donors (Lipinski definition) is 0. The zero-order valence-electron chi connectivity index (χ0n) is 20.6. The number of furan rings is 1. The number of rotatable bonds is 10. The Balaban J connectivity index is 0.00000363. The fourth-order valence-electron chi connectivity index (χ4n) is 5.95. The molecular weight excluding hydrogens is 435 g/mol. The standard InChI is InChI=1S/C25H40O5S.Na/c1-19-10-11-22-23(9-6-14-24(22,2)3)25(19,4)15-12-20(18-30-31(26,27)28)7-5-8-21-13-16-29-17-21;/h9,13,16-17,19-20,22H,5-8,10-12,14-15,18H2,1-4H3,(H,26,27,28);/q;+1/p-1. The molecule has 1 saturated carbocycles. The molecule has 0 N–H and O–H groups in total. The van der Waals surface area contributed by atoms with Gasteiger partial charge in [-0.15, -0.1) is 0 Å². The van der Waals surface area contributed by atoms with E-state index in [0.717, 1.165) is 44.1 Å². The molecule has 176 valence electrons. The molecule has 5 nitrogen and oxygen atoms in total. The van der Waals surface area contributed by atoms with Gasteiger partial charge in [0.15, 0.2) is 0 Å². The molecule has 2 aliphatic rings. The van der Waals surface area contributed by atoms with Crippen LogP contribution in [0.4, 0.5) is 0 Å². The predicted molar refractivity (Wildman–Crippen MR) is 121 cm³/mol. The molecule has 1 aromatic heterocycles. The van der Waals surface area contributed by atoms with Crippen LogP contribution in [0.3, 0.4) is 0 Å². The average Bonchev–Trinajstić information content (AvgIpc) is 3.19. The first-order chi connectivity index (χ1) is 14.5. The van der Waals surface area contributed by atoms with E-state index in [1.165, 1.54) is 19.3 Å². The third-order valence-electron chi connectivity index (χ3n) is 8.29. The van der Waals surface area contributed by atoms with Crippen LogP contribution in [0.15, 0.2) is 34.7 Å². The largest absolute Gasteiger partial charge is 1.00 e. The van der Waals surface area contributed by atoms with Crippen LogP contribution in [0.25, 0.3) is 0 Å². The van der Waals surface area contributed by atoms with Crippen molar-refractivity contribution in [2.45, 2.75) is 85.5 Å². The molecule has 0 saturated heterocycles. The molecule has 0 amide bonds. The second kappa shape index (κ2) is 11.5. The van der Waals surface area contributed by atoms with Gasteiger partial charge in [-0.25, -0.2) is 8.42 Å². The Hall–Kier alpha value is -0.110. The Bertz CT molecular complexity index is 846. The molecule has 1 aromatic rings. The van der Waals surface area contributed by atoms with E-state index in [2.05, 4.69) is 33.8 Å². The van der Waals surface area contributed by atoms with Gasteiger partial charge in [0.25, 0.3) is 0 Å². The van der Waals surface area contributed by atoms with Gasteiger partial charge < -0.3 is 8.97 Å². The van der Waals surface area contributed by atoms with Crippen LogP contribution in [0, 0.1) is 28.6 Å². The van der Waals surface area contributed by atoms with Crippen molar-refractivity contribution in [1.82, 2.24) is 0 Å². The second-order valence-corrected chi connectivity index (χ2v) is 11.8. The monoisotopic (exact) mass is 474 g/mol. The maximum Gasteiger partial charge on any atom is 1.00 e. The van der Waals surface area contributed by atoms with Gasteiger partial charge in [-0.2, -0.15) is 0 Å². The van der Waals surface area contributed by atoms with Gasteiger partial charge in [-0.05, 0) is 98.0 Å². The Kier molecular flexibility index (Phi) is 10.1. The van der Waals surface area contributed by atoms with Crippen molar-refractivity contribution in [3.8, 4) is 0 Å². The summed E-state index contributed by atoms with van der Waals surface area (Å²) in [5.74, 6) is 1.29. The van der Waals surface area contributed by atoms with Crippen molar-refractivity contribution < 1.29 is 51.1 Å². The summed E-state index contributed by atoms with van der Waals surface area (Å²) >= 11 is 0. The van der Waals surface area contributed by atoms with Crippen molar-refractivity contribution >= 4 is 10.4 Å². The molecule has 1 heterocycles. The summed E-state index contributed by atoms with van der Waals surface area (Å²) < 4.78 is 43.1. The van der Waals surface area contributed by atoms with Crippen molar-refractivity contribution in [3.05, 3.63) is 35.8 Å². The van der Waals surface area contributed by atoms with Crippen molar-refractivity contribution in [3.63, 3.8) is 0 Å². The quantitative estimate of drug-likeness (QED) is 0.225. The van der Waals surface area contributed by atoms with Crippen LogP contribution in [0.1, 0.15) is 84.6 Å². The molecule has 7 heteroatoms. The van der Waals surface area contributed by atoms with Crippen LogP contribution in [-0.2, 0) is 21.0 Å². The van der Waals surface area contributed by atoms with Gasteiger partial charge in [0.05, 0.1) is 19.1 Å². The van der Waals surface area contributed by atoms with Crippen molar-refractivity contribution in [1.29, 1.82) is 0 Å². The minimum Gasteiger partial charge on any atom is -0.726 e. The van der Waals surface area contributed by atoms with Crippen molar-refractivity contribution in [2.75, 3.05) is 6.61 Å². The maximum absolute atomic E-state index is 11.1. The van der Waals surface area contributed by atoms with Crippen LogP contribution in [0.2, 0.25) is 0 Å². The molecule has 0 aliphatic heterocycles. The molecule has 3 rings (SSSR count). The second-order valence-electron chi connectivity index (χ2n) is 10.8. The number of hydrogen-bond acceptors (Lipinski definition) is 5. The third kappa shape index (κ3) is 7.19. The molecule has 32 heavy (non-hydrogen) atoms. The molecule has 0 bridgehead atoms. The van der Waals surface area contributed by atoms with Crippen molar-refractivity contribution in [2.24, 2.45) is 28.6 Å². The normalized spacial score (nSPS) is 28.3. The van der Waals surface area contributed by atoms with Gasteiger partial charge in [0, 0.05) is 0 Å². The van der Waals surface area contributed by atoms with E-state index < -0.39 is 10.4 Å². The first-order valence-electron chi connectivity index (χ1n) is 11.8. The van der Waals surface area contributed by atoms with Crippen LogP contribution < -0.4 is 29.6 Å². The number of fused-ring (bicyclic) bond motifs is 1. The molecule has 2 aliphatic carbocycles. The smallest absolute Gasteiger partial charge is 0.726 e. The van der Waals surface area contributed by atoms with E-state index in [9.17, 15) is 13.0 Å². The van der Waals surface area contributed by atoms with E-state index in [-0.39, 0.29) is 47.5 Å². The summed E-state index contributed by atoms with van der Waals surface area (Å²) in [5.41, 5.74) is 3.23. The topological polar surface area (TPSA) is 79.6 Å². The molecule has 0 radical (unpaired) electrons. The Morgan fingerprint density at radius 3 is 2.66 bits per heavy atom. The molecule has 0 aromatic carbocycles. The Labute approximate surface area is 217 Å². The van der Waals surface area contributed by atoms with E-state index in [4.69, 9.17) is 8.60 Å². The van der Waals surface area contributed by atoms with E-state index >= 15 is 0 Å². The van der Waals surface area contributed by atoms with Gasteiger partial charge in [0.1, 0.15) is 0 Å². The average molecular weight is 475 g/mol. The minimum absolute atomic E-state index is 0. The summed E-state index contributed by atoms with van der Waals surface area (Å²) in [4.78, 5) is 0. The minimum atomic E-state index is -4.67. The molecule has 4 unspecified atom stereocenters. The summed E-state index contributed by atoms with van der Waals surface area (Å²) in [6.45, 7) is 9.57. The molecule has 4 atom stereocenters. The Morgan fingerprint density at radius 2 is 2.00 bits per heavy atom. The fourth-order valence-corrected chi connectivity index (χ4v) is 6.31. The molecule has 0 spiro atoms. The summed E-state index contributed by atoms with van der Waals surface area (Å²) in [7, 11) is -4.67. The van der Waals surface area contributed by atoms with E-state index in [0.29, 0.717) is 17.3 Å². The number of allylic oxidation sites excluding steroid dienone is 2. The zero-order valence-corrected chi connectivity index (χ0v) is 23.4. The molecule has 1 fully saturated rings. The number of aryl methyl sites for hydroxylation is 1. The third-order valence-corrected chi connectivity index (χ3v) is 8.71. The summed E-state index contributed by atoms with van der Waals surface area (Å²) in [5, 5.41) is 0. The zero-order chi connectivity index (χ0) is 22.7. The van der Waals surface area contributed by atoms with Crippen LogP contribution in [-0.4, -0.2) is 19.6 Å². The SMILES string of the molecule is CC1CCC2C(=CCCC2(C)C)C1(C)CCC(CCCc1ccoc1)COS(=O)(=O)[O-].[Na+]. The van der Waals surface area contributed by atoms with Gasteiger partial charge in [-0.3, -0.25) is 4.18 Å². The van der Waals surface area contributed by atoms with E-state index in [1.54, 1.807) is 18.1 Å².